The second kappa shape index (κ2) is 15.7. The van der Waals surface area contributed by atoms with E-state index in [1.807, 2.05) is 34.7 Å². The van der Waals surface area contributed by atoms with Gasteiger partial charge in [-0.05, 0) is 53.6 Å². The first kappa shape index (κ1) is 32.6. The fourth-order valence-electron chi connectivity index (χ4n) is 3.82. The van der Waals surface area contributed by atoms with Gasteiger partial charge < -0.3 is 38.6 Å². The molecule has 5 atom stereocenters. The van der Waals surface area contributed by atoms with Crippen LogP contribution >= 0.6 is 0 Å². The molecule has 0 radical (unpaired) electrons. The summed E-state index contributed by atoms with van der Waals surface area (Å²) < 4.78 is 33.3. The van der Waals surface area contributed by atoms with E-state index >= 15 is 0 Å². The van der Waals surface area contributed by atoms with Gasteiger partial charge in [-0.1, -0.05) is 6.92 Å². The van der Waals surface area contributed by atoms with Crippen molar-refractivity contribution in [2.75, 3.05) is 33.3 Å². The lowest BCUT2D eigenvalue weighted by Crippen LogP contribution is -2.61. The van der Waals surface area contributed by atoms with Crippen LogP contribution in [-0.4, -0.2) is 98.5 Å². The number of hydrogen-bond acceptors (Lipinski definition) is 11. The highest BCUT2D eigenvalue weighted by molar-refractivity contribution is 5.68. The van der Waals surface area contributed by atoms with Crippen LogP contribution in [0.3, 0.4) is 0 Å². The van der Waals surface area contributed by atoms with Crippen molar-refractivity contribution >= 4 is 24.0 Å². The standard InChI is InChI=1S/C25H44N2O10/c1-9-19-20(33-16(2)28)21(34-17(3)29)22(35-18(4)30)23(36-19)32-15-11-14-27(8)13-10-12-26-24(31)37-25(5,6)7/h19-23H,9-15H2,1-8H3,(H,26,31). The van der Waals surface area contributed by atoms with Gasteiger partial charge in [0.15, 0.2) is 24.6 Å². The minimum absolute atomic E-state index is 0.282. The van der Waals surface area contributed by atoms with E-state index in [0.717, 1.165) is 13.0 Å². The van der Waals surface area contributed by atoms with Gasteiger partial charge in [-0.15, -0.1) is 0 Å². The molecular formula is C25H44N2O10. The number of hydrogen-bond donors (Lipinski definition) is 1. The second-order valence-corrected chi connectivity index (χ2v) is 9.98. The monoisotopic (exact) mass is 532 g/mol. The van der Waals surface area contributed by atoms with Gasteiger partial charge in [0.2, 0.25) is 0 Å². The molecule has 37 heavy (non-hydrogen) atoms. The summed E-state index contributed by atoms with van der Waals surface area (Å²) in [5.74, 6) is -1.80. The van der Waals surface area contributed by atoms with Crippen molar-refractivity contribution < 1.29 is 47.6 Å². The molecule has 0 spiro atoms. The Hall–Kier alpha value is -2.44. The van der Waals surface area contributed by atoms with E-state index in [2.05, 4.69) is 10.2 Å². The number of alkyl carbamates (subject to hydrolysis) is 1. The zero-order valence-electron chi connectivity index (χ0n) is 23.4. The van der Waals surface area contributed by atoms with Crippen LogP contribution in [0.25, 0.3) is 0 Å². The zero-order valence-corrected chi connectivity index (χ0v) is 23.4. The van der Waals surface area contributed by atoms with Gasteiger partial charge >= 0.3 is 24.0 Å². The minimum Gasteiger partial charge on any atom is -0.456 e. The molecule has 0 aromatic heterocycles. The van der Waals surface area contributed by atoms with Gasteiger partial charge in [0.05, 0.1) is 6.61 Å². The van der Waals surface area contributed by atoms with Gasteiger partial charge in [-0.25, -0.2) is 4.79 Å². The van der Waals surface area contributed by atoms with Crippen molar-refractivity contribution in [3.8, 4) is 0 Å². The Bertz CT molecular complexity index is 754. The van der Waals surface area contributed by atoms with Crippen LogP contribution in [-0.2, 0) is 42.8 Å². The molecule has 12 heteroatoms. The van der Waals surface area contributed by atoms with Crippen molar-refractivity contribution in [3.63, 3.8) is 0 Å². The van der Waals surface area contributed by atoms with E-state index in [9.17, 15) is 19.2 Å². The molecule has 0 saturated carbocycles. The van der Waals surface area contributed by atoms with E-state index in [0.29, 0.717) is 25.9 Å². The van der Waals surface area contributed by atoms with Crippen molar-refractivity contribution in [2.24, 2.45) is 0 Å². The third kappa shape index (κ3) is 13.1. The van der Waals surface area contributed by atoms with Crippen molar-refractivity contribution in [2.45, 2.75) is 104 Å². The molecule has 1 amide bonds. The van der Waals surface area contributed by atoms with Gasteiger partial charge in [0.1, 0.15) is 11.7 Å². The van der Waals surface area contributed by atoms with Crippen LogP contribution in [0.4, 0.5) is 4.79 Å². The zero-order chi connectivity index (χ0) is 28.2. The summed E-state index contributed by atoms with van der Waals surface area (Å²) in [6.07, 6.45) is -3.36. The fourth-order valence-corrected chi connectivity index (χ4v) is 3.82. The molecule has 1 saturated heterocycles. The third-order valence-electron chi connectivity index (χ3n) is 5.25. The Labute approximate surface area is 219 Å². The predicted octanol–water partition coefficient (Wildman–Crippen LogP) is 2.17. The van der Waals surface area contributed by atoms with Gasteiger partial charge in [-0.2, -0.15) is 0 Å². The highest BCUT2D eigenvalue weighted by Crippen LogP contribution is 2.31. The lowest BCUT2D eigenvalue weighted by atomic mass is 9.96. The molecular weight excluding hydrogens is 488 g/mol. The average Bonchev–Trinajstić information content (AvgIpc) is 2.75. The summed E-state index contributed by atoms with van der Waals surface area (Å²) in [4.78, 5) is 49.1. The van der Waals surface area contributed by atoms with Crippen LogP contribution < -0.4 is 5.32 Å². The Kier molecular flexibility index (Phi) is 13.9. The van der Waals surface area contributed by atoms with Crippen LogP contribution in [0.15, 0.2) is 0 Å². The van der Waals surface area contributed by atoms with Crippen molar-refractivity contribution in [1.29, 1.82) is 0 Å². The van der Waals surface area contributed by atoms with E-state index in [1.165, 1.54) is 20.8 Å². The normalized spacial score (nSPS) is 23.8. The first-order valence-electron chi connectivity index (χ1n) is 12.7. The van der Waals surface area contributed by atoms with Crippen LogP contribution in [0, 0.1) is 0 Å². The van der Waals surface area contributed by atoms with E-state index in [1.54, 1.807) is 0 Å². The molecule has 0 aliphatic carbocycles. The smallest absolute Gasteiger partial charge is 0.407 e. The summed E-state index contributed by atoms with van der Waals surface area (Å²) in [7, 11) is 1.96. The first-order chi connectivity index (χ1) is 17.2. The van der Waals surface area contributed by atoms with E-state index in [4.69, 9.17) is 28.4 Å². The molecule has 0 aromatic carbocycles. The summed E-state index contributed by atoms with van der Waals surface area (Å²) in [5.41, 5.74) is -0.534. The molecule has 1 fully saturated rings. The number of esters is 3. The largest absolute Gasteiger partial charge is 0.456 e. The number of nitrogens with zero attached hydrogens (tertiary/aromatic N) is 1. The molecule has 1 aliphatic rings. The van der Waals surface area contributed by atoms with Crippen LogP contribution in [0.1, 0.15) is 67.7 Å². The second-order valence-electron chi connectivity index (χ2n) is 9.98. The summed E-state index contributed by atoms with van der Waals surface area (Å²) >= 11 is 0. The van der Waals surface area contributed by atoms with E-state index in [-0.39, 0.29) is 6.61 Å². The third-order valence-corrected chi connectivity index (χ3v) is 5.25. The lowest BCUT2D eigenvalue weighted by Gasteiger charge is -2.44. The number of carbonyl (C=O) groups excluding carboxylic acids is 4. The Morgan fingerprint density at radius 1 is 0.865 bits per heavy atom. The molecule has 0 aromatic rings. The van der Waals surface area contributed by atoms with Gasteiger partial charge in [0, 0.05) is 33.9 Å². The quantitative estimate of drug-likeness (QED) is 0.212. The average molecular weight is 533 g/mol. The minimum atomic E-state index is -1.11. The van der Waals surface area contributed by atoms with Crippen molar-refractivity contribution in [3.05, 3.63) is 0 Å². The Morgan fingerprint density at radius 2 is 1.41 bits per heavy atom. The number of carbonyl (C=O) groups is 4. The SMILES string of the molecule is CCC1OC(OCCCN(C)CCCNC(=O)OC(C)(C)C)C(OC(C)=O)C(OC(C)=O)C1OC(C)=O. The number of rotatable bonds is 13. The van der Waals surface area contributed by atoms with Crippen LogP contribution in [0.2, 0.25) is 0 Å². The first-order valence-corrected chi connectivity index (χ1v) is 12.7. The predicted molar refractivity (Wildman–Crippen MR) is 133 cm³/mol. The number of nitrogens with one attached hydrogen (secondary N) is 1. The molecule has 0 bridgehead atoms. The maximum atomic E-state index is 11.8. The molecule has 1 aliphatic heterocycles. The molecule has 1 heterocycles. The number of ether oxygens (including phenoxy) is 6. The fraction of sp³-hybridized carbons (Fsp3) is 0.840. The van der Waals surface area contributed by atoms with Gasteiger partial charge in [-0.3, -0.25) is 14.4 Å². The molecule has 5 unspecified atom stereocenters. The molecule has 1 rings (SSSR count). The molecule has 12 nitrogen and oxygen atoms in total. The van der Waals surface area contributed by atoms with E-state index < -0.39 is 60.3 Å². The molecule has 214 valence electrons. The summed E-state index contributed by atoms with van der Waals surface area (Å²) in [6, 6.07) is 0. The summed E-state index contributed by atoms with van der Waals surface area (Å²) in [5, 5.41) is 2.73. The van der Waals surface area contributed by atoms with Crippen LogP contribution in [0.5, 0.6) is 0 Å². The maximum absolute atomic E-state index is 11.8. The van der Waals surface area contributed by atoms with Crippen molar-refractivity contribution in [1.82, 2.24) is 10.2 Å². The highest BCUT2D eigenvalue weighted by Gasteiger charge is 2.51. The lowest BCUT2D eigenvalue weighted by molar-refractivity contribution is -0.304. The number of amides is 1. The topological polar surface area (TPSA) is 139 Å². The molecule has 1 N–H and O–H groups in total. The Morgan fingerprint density at radius 3 is 1.95 bits per heavy atom. The Balaban J connectivity index is 2.63. The summed E-state index contributed by atoms with van der Waals surface area (Å²) in [6.45, 7) is 13.2. The highest BCUT2D eigenvalue weighted by atomic mass is 16.7. The maximum Gasteiger partial charge on any atom is 0.407 e. The van der Waals surface area contributed by atoms with Gasteiger partial charge in [0.25, 0.3) is 0 Å².